The van der Waals surface area contributed by atoms with E-state index in [1.165, 1.54) is 0 Å². The molecule has 2 aromatic carbocycles. The van der Waals surface area contributed by atoms with Crippen LogP contribution in [0.15, 0.2) is 65.6 Å². The summed E-state index contributed by atoms with van der Waals surface area (Å²) in [7, 11) is -3.39. The van der Waals surface area contributed by atoms with E-state index in [0.717, 1.165) is 16.8 Å². The van der Waals surface area contributed by atoms with Crippen LogP contribution in [-0.4, -0.2) is 29.9 Å². The summed E-state index contributed by atoms with van der Waals surface area (Å²) in [5, 5.41) is 7.28. The monoisotopic (exact) mass is 411 g/mol. The van der Waals surface area contributed by atoms with Gasteiger partial charge in [-0.25, -0.2) is 13.1 Å². The molecule has 0 aliphatic heterocycles. The summed E-state index contributed by atoms with van der Waals surface area (Å²) < 4.78 is 26.5. The Hall–Kier alpha value is -2.93. The van der Waals surface area contributed by atoms with Gasteiger partial charge in [-0.3, -0.25) is 4.79 Å². The lowest BCUT2D eigenvalue weighted by molar-refractivity contribution is -0.116. The van der Waals surface area contributed by atoms with Gasteiger partial charge in [0.15, 0.2) is 9.84 Å². The number of rotatable bonds is 8. The molecule has 1 amide bonds. The summed E-state index contributed by atoms with van der Waals surface area (Å²) in [5.74, 6) is 0.322. The molecule has 1 N–H and O–H groups in total. The van der Waals surface area contributed by atoms with Gasteiger partial charge >= 0.3 is 0 Å². The van der Waals surface area contributed by atoms with Crippen LogP contribution in [0.2, 0.25) is 0 Å². The maximum atomic E-state index is 12.4. The number of amides is 1. The highest BCUT2D eigenvalue weighted by Crippen LogP contribution is 2.16. The van der Waals surface area contributed by atoms with Crippen LogP contribution in [0, 0.1) is 13.8 Å². The normalized spacial score (nSPS) is 11.4. The van der Waals surface area contributed by atoms with E-state index >= 15 is 0 Å². The molecule has 29 heavy (non-hydrogen) atoms. The number of sulfone groups is 1. The van der Waals surface area contributed by atoms with Crippen LogP contribution in [0.1, 0.15) is 29.7 Å². The van der Waals surface area contributed by atoms with Crippen LogP contribution in [-0.2, 0) is 21.2 Å². The van der Waals surface area contributed by atoms with E-state index in [-0.39, 0.29) is 24.5 Å². The van der Waals surface area contributed by atoms with Crippen molar-refractivity contribution in [1.29, 1.82) is 0 Å². The Morgan fingerprint density at radius 3 is 2.41 bits per heavy atom. The summed E-state index contributed by atoms with van der Waals surface area (Å²) in [6.45, 7) is 4.32. The summed E-state index contributed by atoms with van der Waals surface area (Å²) in [4.78, 5) is 12.6. The molecule has 0 saturated heterocycles. The average molecular weight is 412 g/mol. The van der Waals surface area contributed by atoms with Crippen LogP contribution in [0.25, 0.3) is 0 Å². The van der Waals surface area contributed by atoms with Crippen molar-refractivity contribution in [2.45, 2.75) is 38.1 Å². The third-order valence-corrected chi connectivity index (χ3v) is 6.36. The number of benzene rings is 2. The Labute approximate surface area is 171 Å². The molecule has 3 aromatic rings. The summed E-state index contributed by atoms with van der Waals surface area (Å²) in [6, 6.07) is 18.4. The number of nitrogens with zero attached hydrogens (tertiary/aromatic N) is 2. The van der Waals surface area contributed by atoms with Crippen LogP contribution in [0.4, 0.5) is 5.82 Å². The first-order valence-electron chi connectivity index (χ1n) is 9.51. The molecule has 0 aliphatic rings. The zero-order chi connectivity index (χ0) is 20.9. The minimum Gasteiger partial charge on any atom is -0.311 e. The van der Waals surface area contributed by atoms with Gasteiger partial charge in [-0.05, 0) is 38.0 Å². The number of carbonyl (C=O) groups is 1. The minimum absolute atomic E-state index is 0.0637. The fraction of sp³-hybridized carbons (Fsp3) is 0.273. The molecule has 0 aliphatic carbocycles. The highest BCUT2D eigenvalue weighted by atomic mass is 32.2. The van der Waals surface area contributed by atoms with Gasteiger partial charge in [0, 0.05) is 12.5 Å². The molecule has 0 saturated carbocycles. The van der Waals surface area contributed by atoms with Crippen molar-refractivity contribution < 1.29 is 13.2 Å². The summed E-state index contributed by atoms with van der Waals surface area (Å²) >= 11 is 0. The van der Waals surface area contributed by atoms with Crippen molar-refractivity contribution in [1.82, 2.24) is 9.78 Å². The zero-order valence-corrected chi connectivity index (χ0v) is 17.4. The van der Waals surface area contributed by atoms with Crippen molar-refractivity contribution in [3.05, 3.63) is 77.5 Å². The lowest BCUT2D eigenvalue weighted by Gasteiger charge is -2.09. The first kappa shape index (κ1) is 20.8. The molecule has 0 bridgehead atoms. The summed E-state index contributed by atoms with van der Waals surface area (Å²) in [5.41, 5.74) is 2.89. The summed E-state index contributed by atoms with van der Waals surface area (Å²) in [6.07, 6.45) is 0.383. The van der Waals surface area contributed by atoms with E-state index in [2.05, 4.69) is 10.4 Å². The van der Waals surface area contributed by atoms with Crippen LogP contribution >= 0.6 is 0 Å². The molecule has 0 fully saturated rings. The first-order chi connectivity index (χ1) is 13.8. The highest BCUT2D eigenvalue weighted by Gasteiger charge is 2.16. The van der Waals surface area contributed by atoms with Crippen molar-refractivity contribution in [3.8, 4) is 0 Å². The van der Waals surface area contributed by atoms with Gasteiger partial charge in [0.2, 0.25) is 5.91 Å². The molecule has 0 atom stereocenters. The fourth-order valence-electron chi connectivity index (χ4n) is 3.01. The molecule has 0 radical (unpaired) electrons. The van der Waals surface area contributed by atoms with Crippen molar-refractivity contribution in [2.75, 3.05) is 11.1 Å². The van der Waals surface area contributed by atoms with Crippen molar-refractivity contribution in [3.63, 3.8) is 0 Å². The molecule has 0 spiro atoms. The fourth-order valence-corrected chi connectivity index (χ4v) is 4.33. The maximum Gasteiger partial charge on any atom is 0.225 e. The van der Waals surface area contributed by atoms with E-state index < -0.39 is 9.84 Å². The van der Waals surface area contributed by atoms with Gasteiger partial charge in [-0.1, -0.05) is 48.0 Å². The van der Waals surface area contributed by atoms with E-state index in [1.807, 2.05) is 50.2 Å². The van der Waals surface area contributed by atoms with Crippen molar-refractivity contribution in [2.24, 2.45) is 0 Å². The number of nitrogens with one attached hydrogen (secondary N) is 1. The van der Waals surface area contributed by atoms with E-state index in [0.29, 0.717) is 17.3 Å². The average Bonchev–Trinajstić information content (AvgIpc) is 3.01. The number of aryl methyl sites for hydroxylation is 2. The Kier molecular flexibility index (Phi) is 6.49. The largest absolute Gasteiger partial charge is 0.311 e. The number of hydrogen-bond acceptors (Lipinski definition) is 4. The molecule has 6 nitrogen and oxygen atoms in total. The Morgan fingerprint density at radius 2 is 1.72 bits per heavy atom. The first-order valence-corrected chi connectivity index (χ1v) is 11.2. The van der Waals surface area contributed by atoms with E-state index in [9.17, 15) is 13.2 Å². The molecule has 3 rings (SSSR count). The molecular formula is C22H25N3O3S. The van der Waals surface area contributed by atoms with E-state index in [1.54, 1.807) is 28.9 Å². The quantitative estimate of drug-likeness (QED) is 0.612. The van der Waals surface area contributed by atoms with Crippen molar-refractivity contribution >= 4 is 21.6 Å². The second-order valence-electron chi connectivity index (χ2n) is 7.10. The second-order valence-corrected chi connectivity index (χ2v) is 9.21. The number of hydrogen-bond donors (Lipinski definition) is 1. The van der Waals surface area contributed by atoms with Crippen LogP contribution in [0.3, 0.4) is 0 Å². The molecular weight excluding hydrogens is 386 g/mol. The van der Waals surface area contributed by atoms with Crippen LogP contribution < -0.4 is 5.32 Å². The Morgan fingerprint density at radius 1 is 1.03 bits per heavy atom. The van der Waals surface area contributed by atoms with Gasteiger partial charge in [0.1, 0.15) is 5.82 Å². The predicted molar refractivity (Wildman–Crippen MR) is 114 cm³/mol. The van der Waals surface area contributed by atoms with Gasteiger partial charge in [0.05, 0.1) is 22.9 Å². The Bertz CT molecular complexity index is 1070. The molecule has 7 heteroatoms. The van der Waals surface area contributed by atoms with Gasteiger partial charge < -0.3 is 5.32 Å². The molecule has 1 aromatic heterocycles. The molecule has 0 unspecified atom stereocenters. The van der Waals surface area contributed by atoms with Gasteiger partial charge in [0.25, 0.3) is 0 Å². The molecule has 1 heterocycles. The maximum absolute atomic E-state index is 12.4. The zero-order valence-electron chi connectivity index (χ0n) is 16.6. The minimum atomic E-state index is -3.39. The van der Waals surface area contributed by atoms with Crippen LogP contribution in [0.5, 0.6) is 0 Å². The third kappa shape index (κ3) is 5.77. The topological polar surface area (TPSA) is 81.1 Å². The second kappa shape index (κ2) is 9.05. The smallest absolute Gasteiger partial charge is 0.225 e. The Balaban J connectivity index is 1.56. The number of aromatic nitrogens is 2. The number of carbonyl (C=O) groups excluding carboxylic acids is 1. The van der Waals surface area contributed by atoms with Gasteiger partial charge in [-0.15, -0.1) is 0 Å². The van der Waals surface area contributed by atoms with E-state index in [4.69, 9.17) is 0 Å². The standard InChI is InChI=1S/C22H25N3O3S/c1-17-10-12-20(13-11-17)29(27,28)14-6-9-22(26)23-21-15-18(2)24-25(21)16-19-7-4-3-5-8-19/h3-5,7-8,10-13,15H,6,9,14,16H2,1-2H3,(H,23,26). The third-order valence-electron chi connectivity index (χ3n) is 4.54. The van der Waals surface area contributed by atoms with Gasteiger partial charge in [-0.2, -0.15) is 5.10 Å². The molecule has 152 valence electrons. The lowest BCUT2D eigenvalue weighted by Crippen LogP contribution is -2.17. The predicted octanol–water partition coefficient (Wildman–Crippen LogP) is 3.74. The SMILES string of the molecule is Cc1ccc(S(=O)(=O)CCCC(=O)Nc2cc(C)nn2Cc2ccccc2)cc1. The highest BCUT2D eigenvalue weighted by molar-refractivity contribution is 7.91. The number of anilines is 1. The lowest BCUT2D eigenvalue weighted by atomic mass is 10.2.